The predicted molar refractivity (Wildman–Crippen MR) is 71.0 cm³/mol. The van der Waals surface area contributed by atoms with Crippen molar-refractivity contribution in [3.63, 3.8) is 0 Å². The van der Waals surface area contributed by atoms with Crippen molar-refractivity contribution < 1.29 is 15.3 Å². The van der Waals surface area contributed by atoms with E-state index in [-0.39, 0.29) is 19.8 Å². The van der Waals surface area contributed by atoms with E-state index < -0.39 is 6.10 Å². The third-order valence-corrected chi connectivity index (χ3v) is 4.63. The maximum absolute atomic E-state index is 9.43. The molecule has 7 heteroatoms. The molecule has 1 aromatic heterocycles. The topological polar surface area (TPSA) is 94.6 Å². The Morgan fingerprint density at radius 1 is 1.40 bits per heavy atom. The van der Waals surface area contributed by atoms with Gasteiger partial charge in [0.25, 0.3) is 0 Å². The molecule has 4 rings (SSSR count). The van der Waals surface area contributed by atoms with E-state index in [0.717, 1.165) is 31.6 Å². The number of rotatable bonds is 5. The van der Waals surface area contributed by atoms with Crippen molar-refractivity contribution >= 4 is 0 Å². The monoisotopic (exact) mass is 282 g/mol. The minimum atomic E-state index is -0.796. The summed E-state index contributed by atoms with van der Waals surface area (Å²) in [5.41, 5.74) is 0.959. The van der Waals surface area contributed by atoms with Crippen LogP contribution in [0.3, 0.4) is 0 Å². The Labute approximate surface area is 117 Å². The van der Waals surface area contributed by atoms with Crippen molar-refractivity contribution in [3.05, 3.63) is 11.9 Å². The molecule has 112 valence electrons. The van der Waals surface area contributed by atoms with Crippen molar-refractivity contribution in [1.29, 1.82) is 0 Å². The summed E-state index contributed by atoms with van der Waals surface area (Å²) in [6, 6.07) is 0.302. The molecule has 3 aliphatic rings. The van der Waals surface area contributed by atoms with Crippen LogP contribution in [0, 0.1) is 5.92 Å². The first-order chi connectivity index (χ1) is 9.71. The summed E-state index contributed by atoms with van der Waals surface area (Å²) < 4.78 is 1.59. The van der Waals surface area contributed by atoms with E-state index >= 15 is 0 Å². The van der Waals surface area contributed by atoms with Gasteiger partial charge in [0, 0.05) is 24.7 Å². The van der Waals surface area contributed by atoms with Crippen LogP contribution in [0.5, 0.6) is 0 Å². The van der Waals surface area contributed by atoms with Gasteiger partial charge in [-0.15, -0.1) is 5.10 Å². The molecule has 0 aromatic carbocycles. The summed E-state index contributed by atoms with van der Waals surface area (Å²) in [6.07, 6.45) is 3.25. The van der Waals surface area contributed by atoms with Crippen molar-refractivity contribution in [3.8, 4) is 0 Å². The summed E-state index contributed by atoms with van der Waals surface area (Å²) in [6.45, 7) is 2.22. The van der Waals surface area contributed by atoms with Gasteiger partial charge in [-0.2, -0.15) is 0 Å². The second-order valence-corrected chi connectivity index (χ2v) is 5.92. The van der Waals surface area contributed by atoms with Crippen molar-refractivity contribution in [2.75, 3.05) is 26.3 Å². The molecule has 0 aliphatic carbocycles. The molecule has 1 aromatic rings. The van der Waals surface area contributed by atoms with Gasteiger partial charge >= 0.3 is 0 Å². The molecule has 7 nitrogen and oxygen atoms in total. The maximum atomic E-state index is 9.43. The summed E-state index contributed by atoms with van der Waals surface area (Å²) in [5, 5.41) is 35.9. The van der Waals surface area contributed by atoms with Gasteiger partial charge in [-0.1, -0.05) is 5.21 Å². The van der Waals surface area contributed by atoms with E-state index in [1.807, 2.05) is 6.20 Å². The average molecular weight is 282 g/mol. The fraction of sp³-hybridized carbons (Fsp3) is 0.846. The van der Waals surface area contributed by atoms with E-state index in [9.17, 15) is 10.2 Å². The smallest absolute Gasteiger partial charge is 0.0966 e. The molecule has 0 spiro atoms. The number of aliphatic hydroxyl groups excluding tert-OH is 3. The van der Waals surface area contributed by atoms with E-state index in [1.54, 1.807) is 4.68 Å². The van der Waals surface area contributed by atoms with Crippen LogP contribution in [0.1, 0.15) is 24.5 Å². The quantitative estimate of drug-likeness (QED) is 0.628. The molecule has 1 unspecified atom stereocenters. The lowest BCUT2D eigenvalue weighted by molar-refractivity contribution is 0.00183. The molecule has 2 bridgehead atoms. The zero-order valence-electron chi connectivity index (χ0n) is 11.5. The summed E-state index contributed by atoms with van der Waals surface area (Å²) in [4.78, 5) is 2.34. The van der Waals surface area contributed by atoms with Gasteiger partial charge in [0.2, 0.25) is 0 Å². The summed E-state index contributed by atoms with van der Waals surface area (Å²) >= 11 is 0. The highest BCUT2D eigenvalue weighted by Gasteiger charge is 2.41. The van der Waals surface area contributed by atoms with Crippen LogP contribution in [0.4, 0.5) is 0 Å². The normalized spacial score (nSPS) is 34.4. The highest BCUT2D eigenvalue weighted by atomic mass is 16.3. The Hall–Kier alpha value is -1.02. The van der Waals surface area contributed by atoms with Gasteiger partial charge in [0.15, 0.2) is 0 Å². The third kappa shape index (κ3) is 2.58. The van der Waals surface area contributed by atoms with E-state index in [2.05, 4.69) is 15.2 Å². The van der Waals surface area contributed by atoms with Crippen LogP contribution in [0.15, 0.2) is 6.20 Å². The molecule has 3 saturated heterocycles. The largest absolute Gasteiger partial charge is 0.395 e. The average Bonchev–Trinajstić information content (AvgIpc) is 2.95. The zero-order chi connectivity index (χ0) is 14.1. The Bertz CT molecular complexity index is 453. The van der Waals surface area contributed by atoms with Gasteiger partial charge in [-0.25, -0.2) is 4.68 Å². The second-order valence-electron chi connectivity index (χ2n) is 5.92. The van der Waals surface area contributed by atoms with E-state index in [0.29, 0.717) is 17.9 Å². The molecule has 4 heterocycles. The number of piperidine rings is 3. The summed E-state index contributed by atoms with van der Waals surface area (Å²) in [5.74, 6) is 0.927. The Morgan fingerprint density at radius 3 is 2.90 bits per heavy atom. The molecular weight excluding hydrogens is 260 g/mol. The van der Waals surface area contributed by atoms with Crippen LogP contribution >= 0.6 is 0 Å². The molecule has 5 atom stereocenters. The zero-order valence-corrected chi connectivity index (χ0v) is 11.5. The number of aromatic nitrogens is 3. The van der Waals surface area contributed by atoms with E-state index in [4.69, 9.17) is 5.11 Å². The number of hydrogen-bond donors (Lipinski definition) is 3. The Kier molecular flexibility index (Phi) is 4.02. The third-order valence-electron chi connectivity index (χ3n) is 4.63. The molecular formula is C13H22N4O3. The van der Waals surface area contributed by atoms with Gasteiger partial charge < -0.3 is 15.3 Å². The SMILES string of the molecule is OC[C@@H](O)Cn1cc([C@H]2CN3CC[C@H]2C[C@@H]3CO)nn1. The molecule has 20 heavy (non-hydrogen) atoms. The van der Waals surface area contributed by atoms with Gasteiger partial charge in [0.1, 0.15) is 0 Å². The van der Waals surface area contributed by atoms with Crippen molar-refractivity contribution in [1.82, 2.24) is 19.9 Å². The fourth-order valence-corrected chi connectivity index (χ4v) is 3.51. The first-order valence-electron chi connectivity index (χ1n) is 7.25. The van der Waals surface area contributed by atoms with Crippen LogP contribution in [-0.4, -0.2) is 73.7 Å². The van der Waals surface area contributed by atoms with E-state index in [1.165, 1.54) is 0 Å². The van der Waals surface area contributed by atoms with Gasteiger partial charge in [0.05, 0.1) is 31.6 Å². The second kappa shape index (κ2) is 5.77. The highest BCUT2D eigenvalue weighted by molar-refractivity contribution is 5.10. The minimum absolute atomic E-state index is 0.235. The standard InChI is InChI=1S/C13H22N4O3/c18-7-10-3-9-1-2-16(10)5-12(9)13-6-17(15-14-13)4-11(20)8-19/h6,9-12,18-20H,1-5,7-8H2/t9-,10+,11-,12-/m0/s1. The first kappa shape index (κ1) is 13.9. The van der Waals surface area contributed by atoms with Crippen LogP contribution < -0.4 is 0 Å². The maximum Gasteiger partial charge on any atom is 0.0966 e. The molecule has 0 amide bonds. The number of nitrogens with zero attached hydrogens (tertiary/aromatic N) is 4. The van der Waals surface area contributed by atoms with Gasteiger partial charge in [-0.3, -0.25) is 4.90 Å². The lowest BCUT2D eigenvalue weighted by Gasteiger charge is -2.48. The minimum Gasteiger partial charge on any atom is -0.395 e. The van der Waals surface area contributed by atoms with Crippen LogP contribution in [-0.2, 0) is 6.54 Å². The number of aliphatic hydroxyl groups is 3. The van der Waals surface area contributed by atoms with Gasteiger partial charge in [-0.05, 0) is 25.3 Å². The molecule has 3 aliphatic heterocycles. The summed E-state index contributed by atoms with van der Waals surface area (Å²) in [7, 11) is 0. The van der Waals surface area contributed by atoms with Crippen molar-refractivity contribution in [2.45, 2.75) is 37.5 Å². The number of fused-ring (bicyclic) bond motifs is 3. The molecule has 0 saturated carbocycles. The molecule has 3 fully saturated rings. The fourth-order valence-electron chi connectivity index (χ4n) is 3.51. The number of hydrogen-bond acceptors (Lipinski definition) is 6. The van der Waals surface area contributed by atoms with Crippen LogP contribution in [0.25, 0.3) is 0 Å². The molecule has 0 radical (unpaired) electrons. The lowest BCUT2D eigenvalue weighted by Crippen LogP contribution is -2.53. The predicted octanol–water partition coefficient (Wildman–Crippen LogP) is -1.20. The van der Waals surface area contributed by atoms with Crippen molar-refractivity contribution in [2.24, 2.45) is 5.92 Å². The van der Waals surface area contributed by atoms with Crippen LogP contribution in [0.2, 0.25) is 0 Å². The molecule has 3 N–H and O–H groups in total. The highest BCUT2D eigenvalue weighted by Crippen LogP contribution is 2.40. The lowest BCUT2D eigenvalue weighted by atomic mass is 9.74. The Balaban J connectivity index is 1.68. The Morgan fingerprint density at radius 2 is 2.25 bits per heavy atom. The first-order valence-corrected chi connectivity index (χ1v) is 7.25.